The van der Waals surface area contributed by atoms with Crippen LogP contribution in [0, 0.1) is 5.41 Å². The van der Waals surface area contributed by atoms with Crippen LogP contribution in [-0.2, 0) is 4.79 Å². The van der Waals surface area contributed by atoms with E-state index in [1.165, 1.54) is 0 Å². The Labute approximate surface area is 75.2 Å². The van der Waals surface area contributed by atoms with E-state index in [4.69, 9.17) is 0 Å². The van der Waals surface area contributed by atoms with E-state index in [0.29, 0.717) is 0 Å². The Morgan fingerprint density at radius 3 is 2.42 bits per heavy atom. The van der Waals surface area contributed by atoms with Crippen LogP contribution in [-0.4, -0.2) is 5.78 Å². The van der Waals surface area contributed by atoms with Crippen molar-refractivity contribution in [2.75, 3.05) is 0 Å². The number of rotatable bonds is 5. The lowest BCUT2D eigenvalue weighted by Crippen LogP contribution is -2.08. The average molecular weight is 166 g/mol. The summed E-state index contributed by atoms with van der Waals surface area (Å²) in [4.78, 5) is 10.6. The summed E-state index contributed by atoms with van der Waals surface area (Å²) in [6, 6.07) is 0. The van der Waals surface area contributed by atoms with Crippen LogP contribution in [0.4, 0.5) is 0 Å². The molecule has 0 unspecified atom stereocenters. The zero-order chi connectivity index (χ0) is 9.61. The van der Waals surface area contributed by atoms with Gasteiger partial charge in [0.25, 0.3) is 0 Å². The molecule has 0 spiro atoms. The van der Waals surface area contributed by atoms with Gasteiger partial charge in [-0.1, -0.05) is 26.0 Å². The van der Waals surface area contributed by atoms with Gasteiger partial charge in [0.1, 0.15) is 0 Å². The fraction of sp³-hybridized carbons (Fsp3) is 0.545. The van der Waals surface area contributed by atoms with Crippen molar-refractivity contribution < 1.29 is 4.79 Å². The predicted molar refractivity (Wildman–Crippen MR) is 53.0 cm³/mol. The summed E-state index contributed by atoms with van der Waals surface area (Å²) in [6.07, 6.45) is 7.39. The zero-order valence-electron chi connectivity index (χ0n) is 8.26. The van der Waals surface area contributed by atoms with Crippen molar-refractivity contribution in [3.8, 4) is 0 Å². The third-order valence-corrected chi connectivity index (χ3v) is 1.72. The van der Waals surface area contributed by atoms with E-state index in [9.17, 15) is 4.79 Å². The Bertz CT molecular complexity index is 187. The minimum atomic E-state index is 0.115. The third-order valence-electron chi connectivity index (χ3n) is 1.72. The van der Waals surface area contributed by atoms with Crippen LogP contribution in [0.25, 0.3) is 0 Å². The van der Waals surface area contributed by atoms with Crippen LogP contribution in [0.2, 0.25) is 0 Å². The predicted octanol–water partition coefficient (Wildman–Crippen LogP) is 3.12. The van der Waals surface area contributed by atoms with E-state index >= 15 is 0 Å². The van der Waals surface area contributed by atoms with Gasteiger partial charge >= 0.3 is 0 Å². The highest BCUT2D eigenvalue weighted by Gasteiger charge is 2.12. The second kappa shape index (κ2) is 4.91. The minimum absolute atomic E-state index is 0.115. The number of carbonyl (C=O) groups is 1. The van der Waals surface area contributed by atoms with Crippen molar-refractivity contribution in [3.05, 3.63) is 24.8 Å². The van der Waals surface area contributed by atoms with E-state index in [1.807, 2.05) is 12.2 Å². The van der Waals surface area contributed by atoms with Crippen LogP contribution in [0.1, 0.15) is 33.6 Å². The summed E-state index contributed by atoms with van der Waals surface area (Å²) < 4.78 is 0. The molecule has 1 heteroatoms. The van der Waals surface area contributed by atoms with Gasteiger partial charge in [-0.15, -0.1) is 6.58 Å². The Hall–Kier alpha value is -0.850. The average Bonchev–Trinajstić information content (AvgIpc) is 1.85. The van der Waals surface area contributed by atoms with Gasteiger partial charge in [0.05, 0.1) is 0 Å². The van der Waals surface area contributed by atoms with Gasteiger partial charge < -0.3 is 0 Å². The second-order valence-electron chi connectivity index (χ2n) is 3.87. The van der Waals surface area contributed by atoms with Gasteiger partial charge in [-0.2, -0.15) is 0 Å². The summed E-state index contributed by atoms with van der Waals surface area (Å²) in [5.41, 5.74) is 0.230. The molecule has 0 amide bonds. The van der Waals surface area contributed by atoms with Gasteiger partial charge in [-0.3, -0.25) is 4.79 Å². The van der Waals surface area contributed by atoms with Crippen LogP contribution in [0.15, 0.2) is 24.8 Å². The molecule has 0 fully saturated rings. The van der Waals surface area contributed by atoms with Crippen LogP contribution in [0.5, 0.6) is 0 Å². The largest absolute Gasteiger partial charge is 0.295 e. The highest BCUT2D eigenvalue weighted by atomic mass is 16.1. The van der Waals surface area contributed by atoms with Crippen LogP contribution < -0.4 is 0 Å². The molecule has 12 heavy (non-hydrogen) atoms. The van der Waals surface area contributed by atoms with Gasteiger partial charge in [-0.05, 0) is 31.3 Å². The van der Waals surface area contributed by atoms with Crippen LogP contribution >= 0.6 is 0 Å². The summed E-state index contributed by atoms with van der Waals surface area (Å²) in [5, 5.41) is 0. The smallest absolute Gasteiger partial charge is 0.152 e. The summed E-state index contributed by atoms with van der Waals surface area (Å²) in [7, 11) is 0. The second-order valence-corrected chi connectivity index (χ2v) is 3.87. The first-order valence-electron chi connectivity index (χ1n) is 4.26. The maximum atomic E-state index is 10.6. The summed E-state index contributed by atoms with van der Waals surface area (Å²) >= 11 is 0. The molecular weight excluding hydrogens is 148 g/mol. The van der Waals surface area contributed by atoms with E-state index in [1.54, 1.807) is 13.0 Å². The zero-order valence-corrected chi connectivity index (χ0v) is 8.26. The van der Waals surface area contributed by atoms with Crippen molar-refractivity contribution in [3.63, 3.8) is 0 Å². The van der Waals surface area contributed by atoms with Crippen molar-refractivity contribution in [2.24, 2.45) is 5.41 Å². The fourth-order valence-corrected chi connectivity index (χ4v) is 1.02. The molecule has 0 heterocycles. The standard InChI is InChI=1S/C11H18O/c1-5-8-11(3,4)9-6-7-10(2)12/h5-7H,1,8-9H2,2-4H3/b7-6+. The molecule has 0 aromatic carbocycles. The highest BCUT2D eigenvalue weighted by molar-refractivity contribution is 5.87. The Kier molecular flexibility index (Phi) is 4.57. The van der Waals surface area contributed by atoms with Gasteiger partial charge in [0.15, 0.2) is 5.78 Å². The van der Waals surface area contributed by atoms with Crippen molar-refractivity contribution >= 4 is 5.78 Å². The van der Waals surface area contributed by atoms with Gasteiger partial charge in [0.2, 0.25) is 0 Å². The molecule has 0 radical (unpaired) electrons. The Balaban J connectivity index is 3.89. The number of carbonyl (C=O) groups excluding carboxylic acids is 1. The van der Waals surface area contributed by atoms with Crippen molar-refractivity contribution in [1.29, 1.82) is 0 Å². The van der Waals surface area contributed by atoms with E-state index < -0.39 is 0 Å². The summed E-state index contributed by atoms with van der Waals surface area (Å²) in [5.74, 6) is 0.115. The van der Waals surface area contributed by atoms with Crippen LogP contribution in [0.3, 0.4) is 0 Å². The molecular formula is C11H18O. The minimum Gasteiger partial charge on any atom is -0.295 e. The highest BCUT2D eigenvalue weighted by Crippen LogP contribution is 2.25. The van der Waals surface area contributed by atoms with Crippen molar-refractivity contribution in [2.45, 2.75) is 33.6 Å². The lowest BCUT2D eigenvalue weighted by molar-refractivity contribution is -0.112. The fourth-order valence-electron chi connectivity index (χ4n) is 1.02. The lowest BCUT2D eigenvalue weighted by Gasteiger charge is -2.20. The molecule has 0 saturated carbocycles. The van der Waals surface area contributed by atoms with Crippen molar-refractivity contribution in [1.82, 2.24) is 0 Å². The van der Waals surface area contributed by atoms with Gasteiger partial charge in [-0.25, -0.2) is 0 Å². The molecule has 0 aromatic rings. The first kappa shape index (κ1) is 11.2. The molecule has 0 rings (SSSR count). The van der Waals surface area contributed by atoms with E-state index in [0.717, 1.165) is 12.8 Å². The molecule has 0 aromatic heterocycles. The number of hydrogen-bond acceptors (Lipinski definition) is 1. The molecule has 0 atom stereocenters. The molecule has 68 valence electrons. The number of allylic oxidation sites excluding steroid dienone is 3. The lowest BCUT2D eigenvalue weighted by atomic mass is 9.85. The van der Waals surface area contributed by atoms with E-state index in [2.05, 4.69) is 20.4 Å². The molecule has 1 nitrogen and oxygen atoms in total. The quantitative estimate of drug-likeness (QED) is 0.453. The SMILES string of the molecule is C=CCC(C)(C)C/C=C/C(C)=O. The van der Waals surface area contributed by atoms with E-state index in [-0.39, 0.29) is 11.2 Å². The first-order valence-corrected chi connectivity index (χ1v) is 4.26. The molecule has 0 aliphatic rings. The molecule has 0 N–H and O–H groups in total. The first-order chi connectivity index (χ1) is 5.48. The number of ketones is 1. The molecule has 0 bridgehead atoms. The maximum absolute atomic E-state index is 10.6. The summed E-state index contributed by atoms with van der Waals surface area (Å²) in [6.45, 7) is 9.60. The normalized spacial score (nSPS) is 11.9. The Morgan fingerprint density at radius 2 is 2.00 bits per heavy atom. The Morgan fingerprint density at radius 1 is 1.42 bits per heavy atom. The monoisotopic (exact) mass is 166 g/mol. The third kappa shape index (κ3) is 5.90. The molecule has 0 aliphatic carbocycles. The molecule has 0 aliphatic heterocycles. The topological polar surface area (TPSA) is 17.1 Å². The maximum Gasteiger partial charge on any atom is 0.152 e. The molecule has 0 saturated heterocycles. The van der Waals surface area contributed by atoms with Gasteiger partial charge in [0, 0.05) is 0 Å². The number of hydrogen-bond donors (Lipinski definition) is 0.